The van der Waals surface area contributed by atoms with Crippen molar-refractivity contribution >= 4 is 20.1 Å². The molecule has 0 unspecified atom stereocenters. The Bertz CT molecular complexity index is 65.5. The average Bonchev–Trinajstić information content (AvgIpc) is 1.36. The zero-order valence-electron chi connectivity index (χ0n) is 3.61. The molecule has 0 aromatic heterocycles. The van der Waals surface area contributed by atoms with Gasteiger partial charge in [-0.3, -0.25) is 0 Å². The molecule has 0 saturated heterocycles. The Hall–Kier alpha value is 0.238. The Kier molecular flexibility index (Phi) is 6.45. The second-order valence-corrected chi connectivity index (χ2v) is 3.44. The van der Waals surface area contributed by atoms with Crippen molar-refractivity contribution in [2.75, 3.05) is 0 Å². The van der Waals surface area contributed by atoms with Crippen LogP contribution in [0.15, 0.2) is 13.2 Å². The summed E-state index contributed by atoms with van der Waals surface area (Å²) >= 11 is -5.35. The molecule has 0 aliphatic heterocycles. The summed E-state index contributed by atoms with van der Waals surface area (Å²) in [7, 11) is 0. The predicted octanol–water partition coefficient (Wildman–Crippen LogP) is -1.37. The molecule has 0 fully saturated rings. The first-order chi connectivity index (χ1) is 3.00. The van der Waals surface area contributed by atoms with E-state index >= 15 is 0 Å². The molecule has 0 aromatic carbocycles. The van der Waals surface area contributed by atoms with Crippen molar-refractivity contribution in [3.05, 3.63) is 13.2 Å². The third-order valence-electron chi connectivity index (χ3n) is 0. The Labute approximate surface area is 46.8 Å². The number of hydrogen-bond donors (Lipinski definition) is 3. The van der Waals surface area contributed by atoms with Crippen LogP contribution in [0.3, 0.4) is 0 Å². The van der Waals surface area contributed by atoms with Gasteiger partial charge in [0.05, 0.1) is 0 Å². The fourth-order valence-corrected chi connectivity index (χ4v) is 0. The summed E-state index contributed by atoms with van der Waals surface area (Å²) in [6, 6.07) is 0. The zero-order chi connectivity index (χ0) is 6.50. The van der Waals surface area contributed by atoms with Gasteiger partial charge in [0, 0.05) is 0 Å². The van der Waals surface area contributed by atoms with Crippen LogP contribution in [-0.4, -0.2) is 30.2 Å². The van der Waals surface area contributed by atoms with E-state index in [0.29, 0.717) is 0 Å². The second kappa shape index (κ2) is 4.40. The minimum atomic E-state index is -5.35. The van der Waals surface area contributed by atoms with Gasteiger partial charge in [-0.15, -0.1) is 13.2 Å². The summed E-state index contributed by atoms with van der Waals surface area (Å²) in [5.74, 6) is 0. The number of hydrogen-bond acceptors (Lipinski definition) is 1. The first-order valence-electron chi connectivity index (χ1n) is 1.28. The number of rotatable bonds is 0. The van der Waals surface area contributed by atoms with Crippen molar-refractivity contribution in [3.8, 4) is 0 Å². The van der Waals surface area contributed by atoms with Crippen molar-refractivity contribution in [2.24, 2.45) is 0 Å². The average molecular weight is 217 g/mol. The first-order valence-corrected chi connectivity index (χ1v) is 5.75. The molecule has 4 nitrogen and oxygen atoms in total. The molecule has 0 rings (SSSR count). The van der Waals surface area contributed by atoms with Gasteiger partial charge in [0.2, 0.25) is 0 Å². The van der Waals surface area contributed by atoms with Gasteiger partial charge in [0.25, 0.3) is 0 Å². The van der Waals surface area contributed by atoms with Crippen LogP contribution in [0.25, 0.3) is 0 Å². The van der Waals surface area contributed by atoms with Gasteiger partial charge in [0.1, 0.15) is 0 Å². The Morgan fingerprint density at radius 3 is 1.14 bits per heavy atom. The molecular formula is C2H7O4Sb. The molecule has 5 heteroatoms. The van der Waals surface area contributed by atoms with Crippen LogP contribution in [0.5, 0.6) is 0 Å². The molecule has 0 spiro atoms. The van der Waals surface area contributed by atoms with Crippen molar-refractivity contribution in [2.45, 2.75) is 0 Å². The van der Waals surface area contributed by atoms with E-state index in [1.807, 2.05) is 0 Å². The summed E-state index contributed by atoms with van der Waals surface area (Å²) < 4.78 is 30.8. The molecule has 0 amide bonds. The second-order valence-electron chi connectivity index (χ2n) is 0.513. The van der Waals surface area contributed by atoms with E-state index in [-0.39, 0.29) is 0 Å². The SMILES string of the molecule is C=C.[O]=[Sb]([OH])([OH])[OH]. The molecule has 0 radical (unpaired) electrons. The van der Waals surface area contributed by atoms with Gasteiger partial charge in [-0.2, -0.15) is 0 Å². The standard InChI is InChI=1S/C2H4.3H2O.O.Sb/c1-2;;;;;/h1-2H2;3*1H2;;/q;;;;;+3/p-3. The topological polar surface area (TPSA) is 77.8 Å². The summed E-state index contributed by atoms with van der Waals surface area (Å²) in [4.78, 5) is 0. The van der Waals surface area contributed by atoms with Gasteiger partial charge in [-0.05, 0) is 0 Å². The van der Waals surface area contributed by atoms with Crippen molar-refractivity contribution in [1.82, 2.24) is 0 Å². The van der Waals surface area contributed by atoms with Crippen LogP contribution in [0.4, 0.5) is 0 Å². The minimum absolute atomic E-state index is 3.00. The van der Waals surface area contributed by atoms with E-state index in [1.54, 1.807) is 0 Å². The van der Waals surface area contributed by atoms with E-state index in [9.17, 15) is 0 Å². The van der Waals surface area contributed by atoms with Gasteiger partial charge in [0.15, 0.2) is 0 Å². The van der Waals surface area contributed by atoms with Crippen molar-refractivity contribution < 1.29 is 13.2 Å². The van der Waals surface area contributed by atoms with Crippen LogP contribution in [-0.2, 0) is 3.02 Å². The molecule has 0 aliphatic rings. The fraction of sp³-hybridized carbons (Fsp3) is 0. The normalized spacial score (nSPS) is 9.00. The molecule has 3 N–H and O–H groups in total. The van der Waals surface area contributed by atoms with Gasteiger partial charge in [-0.25, -0.2) is 0 Å². The maximum atomic E-state index is 8.97. The molecule has 44 valence electrons. The molecule has 0 aliphatic carbocycles. The first kappa shape index (κ1) is 10.3. The summed E-state index contributed by atoms with van der Waals surface area (Å²) in [5, 5.41) is 0. The van der Waals surface area contributed by atoms with E-state index < -0.39 is 20.1 Å². The van der Waals surface area contributed by atoms with Crippen LogP contribution >= 0.6 is 0 Å². The Morgan fingerprint density at radius 2 is 1.14 bits per heavy atom. The molecule has 0 atom stereocenters. The molecule has 0 heterocycles. The van der Waals surface area contributed by atoms with Gasteiger partial charge >= 0.3 is 33.2 Å². The van der Waals surface area contributed by atoms with Crippen molar-refractivity contribution in [3.63, 3.8) is 0 Å². The van der Waals surface area contributed by atoms with Crippen LogP contribution in [0.2, 0.25) is 0 Å². The Balaban J connectivity index is 0. The third-order valence-corrected chi connectivity index (χ3v) is 0. The monoisotopic (exact) mass is 216 g/mol. The summed E-state index contributed by atoms with van der Waals surface area (Å²) in [6.07, 6.45) is 0. The van der Waals surface area contributed by atoms with E-state index in [1.165, 1.54) is 0 Å². The molecular weight excluding hydrogens is 210 g/mol. The molecule has 7 heavy (non-hydrogen) atoms. The van der Waals surface area contributed by atoms with Gasteiger partial charge in [-0.1, -0.05) is 0 Å². The van der Waals surface area contributed by atoms with E-state index in [2.05, 4.69) is 13.2 Å². The van der Waals surface area contributed by atoms with Gasteiger partial charge < -0.3 is 0 Å². The summed E-state index contributed by atoms with van der Waals surface area (Å²) in [5.41, 5.74) is 0. The van der Waals surface area contributed by atoms with Crippen molar-refractivity contribution in [1.29, 1.82) is 0 Å². The molecule has 0 bridgehead atoms. The van der Waals surface area contributed by atoms with Crippen LogP contribution < -0.4 is 0 Å². The maximum absolute atomic E-state index is 8.97. The van der Waals surface area contributed by atoms with E-state index in [4.69, 9.17) is 13.2 Å². The summed E-state index contributed by atoms with van der Waals surface area (Å²) in [6.45, 7) is 6.00. The zero-order valence-corrected chi connectivity index (χ0v) is 6.16. The molecule has 0 aromatic rings. The molecule has 0 saturated carbocycles. The van der Waals surface area contributed by atoms with Crippen LogP contribution in [0, 0.1) is 0 Å². The van der Waals surface area contributed by atoms with E-state index in [0.717, 1.165) is 0 Å². The quantitative estimate of drug-likeness (QED) is 0.345. The Morgan fingerprint density at radius 1 is 1.14 bits per heavy atom. The fourth-order valence-electron chi connectivity index (χ4n) is 0. The van der Waals surface area contributed by atoms with Crippen LogP contribution in [0.1, 0.15) is 0 Å². The third kappa shape index (κ3) is 1980. The predicted molar refractivity (Wildman–Crippen MR) is 24.4 cm³/mol.